The summed E-state index contributed by atoms with van der Waals surface area (Å²) in [5, 5.41) is 2.69. The van der Waals surface area contributed by atoms with Gasteiger partial charge in [0, 0.05) is 11.3 Å². The summed E-state index contributed by atoms with van der Waals surface area (Å²) >= 11 is 1.52. The Morgan fingerprint density at radius 1 is 1.00 bits per heavy atom. The Morgan fingerprint density at radius 2 is 1.66 bits per heavy atom. The third-order valence-electron chi connectivity index (χ3n) is 5.73. The van der Waals surface area contributed by atoms with Gasteiger partial charge in [0.1, 0.15) is 17.2 Å². The lowest BCUT2D eigenvalue weighted by molar-refractivity contribution is -0.125. The predicted molar refractivity (Wildman–Crippen MR) is 126 cm³/mol. The summed E-state index contributed by atoms with van der Waals surface area (Å²) in [6.45, 7) is 3.82. The highest BCUT2D eigenvalue weighted by atomic mass is 32.2. The van der Waals surface area contributed by atoms with Crippen molar-refractivity contribution in [2.45, 2.75) is 31.3 Å². The van der Waals surface area contributed by atoms with Gasteiger partial charge in [-0.05, 0) is 48.7 Å². The highest BCUT2D eigenvalue weighted by Crippen LogP contribution is 2.42. The van der Waals surface area contributed by atoms with E-state index in [4.69, 9.17) is 0 Å². The number of hydrogen-bond donors (Lipinski definition) is 1. The molecule has 2 amide bonds. The van der Waals surface area contributed by atoms with Crippen molar-refractivity contribution in [3.05, 3.63) is 107 Å². The zero-order valence-corrected chi connectivity index (χ0v) is 18.8. The molecule has 1 saturated heterocycles. The molecular formula is C26H25FN2O2S. The summed E-state index contributed by atoms with van der Waals surface area (Å²) in [5.41, 5.74) is 3.21. The van der Waals surface area contributed by atoms with Crippen LogP contribution in [0.4, 0.5) is 4.39 Å². The van der Waals surface area contributed by atoms with Crippen molar-refractivity contribution < 1.29 is 14.0 Å². The van der Waals surface area contributed by atoms with Gasteiger partial charge in [0.05, 0.1) is 6.04 Å². The summed E-state index contributed by atoms with van der Waals surface area (Å²) < 4.78 is 13.5. The molecule has 0 radical (unpaired) electrons. The van der Waals surface area contributed by atoms with Gasteiger partial charge in [-0.1, -0.05) is 60.7 Å². The number of nitrogens with zero attached hydrogens (tertiary/aromatic N) is 1. The first kappa shape index (κ1) is 22.1. The first-order valence-corrected chi connectivity index (χ1v) is 11.6. The first-order valence-electron chi connectivity index (χ1n) is 10.6. The molecule has 1 heterocycles. The maximum absolute atomic E-state index is 13.6. The molecule has 3 atom stereocenters. The van der Waals surface area contributed by atoms with Gasteiger partial charge in [-0.15, -0.1) is 11.8 Å². The van der Waals surface area contributed by atoms with Crippen molar-refractivity contribution in [1.82, 2.24) is 10.2 Å². The molecule has 4 nitrogen and oxygen atoms in total. The van der Waals surface area contributed by atoms with Crippen LogP contribution in [0.3, 0.4) is 0 Å². The molecule has 0 aliphatic carbocycles. The lowest BCUT2D eigenvalue weighted by atomic mass is 10.0. The monoisotopic (exact) mass is 448 g/mol. The largest absolute Gasteiger partial charge is 0.348 e. The molecule has 4 rings (SSSR count). The number of rotatable bonds is 5. The van der Waals surface area contributed by atoms with Crippen LogP contribution in [0.5, 0.6) is 0 Å². The van der Waals surface area contributed by atoms with Crippen LogP contribution >= 0.6 is 11.8 Å². The zero-order chi connectivity index (χ0) is 22.7. The van der Waals surface area contributed by atoms with Crippen molar-refractivity contribution in [3.8, 4) is 0 Å². The molecule has 3 unspecified atom stereocenters. The number of aryl methyl sites for hydroxylation is 1. The summed E-state index contributed by atoms with van der Waals surface area (Å²) in [4.78, 5) is 28.6. The molecular weight excluding hydrogens is 423 g/mol. The van der Waals surface area contributed by atoms with E-state index in [2.05, 4.69) is 5.32 Å². The highest BCUT2D eigenvalue weighted by molar-refractivity contribution is 7.99. The smallest absolute Gasteiger partial charge is 0.256 e. The average molecular weight is 449 g/mol. The lowest BCUT2D eigenvalue weighted by Crippen LogP contribution is -2.48. The Morgan fingerprint density at radius 3 is 2.34 bits per heavy atom. The van der Waals surface area contributed by atoms with Crippen LogP contribution in [-0.2, 0) is 4.79 Å². The fraction of sp³-hybridized carbons (Fsp3) is 0.231. The van der Waals surface area contributed by atoms with E-state index < -0.39 is 6.04 Å². The van der Waals surface area contributed by atoms with Crippen LogP contribution in [0.1, 0.15) is 45.4 Å². The Kier molecular flexibility index (Phi) is 6.61. The molecule has 1 fully saturated rings. The molecule has 0 bridgehead atoms. The Hall–Kier alpha value is -3.12. The fourth-order valence-corrected chi connectivity index (χ4v) is 5.36. The van der Waals surface area contributed by atoms with Crippen molar-refractivity contribution in [2.24, 2.45) is 0 Å². The third-order valence-corrected chi connectivity index (χ3v) is 7.05. The maximum Gasteiger partial charge on any atom is 0.256 e. The molecule has 3 aromatic rings. The zero-order valence-electron chi connectivity index (χ0n) is 18.0. The number of carbonyl (C=O) groups is 2. The molecule has 32 heavy (non-hydrogen) atoms. The molecule has 6 heteroatoms. The van der Waals surface area contributed by atoms with Crippen LogP contribution in [0.15, 0.2) is 78.9 Å². The molecule has 1 N–H and O–H groups in total. The quantitative estimate of drug-likeness (QED) is 0.579. The maximum atomic E-state index is 13.6. The van der Waals surface area contributed by atoms with Crippen molar-refractivity contribution in [3.63, 3.8) is 0 Å². The van der Waals surface area contributed by atoms with Gasteiger partial charge in [-0.3, -0.25) is 9.59 Å². The number of carbonyl (C=O) groups excluding carboxylic acids is 2. The van der Waals surface area contributed by atoms with E-state index in [1.54, 1.807) is 23.1 Å². The van der Waals surface area contributed by atoms with E-state index in [0.717, 1.165) is 16.7 Å². The molecule has 1 aliphatic rings. The summed E-state index contributed by atoms with van der Waals surface area (Å²) in [6.07, 6.45) is 0. The predicted octanol–water partition coefficient (Wildman–Crippen LogP) is 5.27. The normalized spacial score (nSPS) is 18.9. The number of thioether (sulfide) groups is 1. The lowest BCUT2D eigenvalue weighted by Gasteiger charge is -2.30. The van der Waals surface area contributed by atoms with E-state index in [-0.39, 0.29) is 29.0 Å². The van der Waals surface area contributed by atoms with Crippen molar-refractivity contribution >= 4 is 23.6 Å². The van der Waals surface area contributed by atoms with Gasteiger partial charge >= 0.3 is 0 Å². The van der Waals surface area contributed by atoms with Gasteiger partial charge in [0.15, 0.2) is 0 Å². The van der Waals surface area contributed by atoms with E-state index in [1.165, 1.54) is 23.9 Å². The molecule has 3 aromatic carbocycles. The second-order valence-corrected chi connectivity index (χ2v) is 9.03. The number of amides is 2. The van der Waals surface area contributed by atoms with Gasteiger partial charge in [0.2, 0.25) is 5.91 Å². The topological polar surface area (TPSA) is 49.4 Å². The molecule has 164 valence electrons. The van der Waals surface area contributed by atoms with Crippen molar-refractivity contribution in [2.75, 3.05) is 5.75 Å². The number of halogens is 1. The van der Waals surface area contributed by atoms with E-state index in [0.29, 0.717) is 11.3 Å². The van der Waals surface area contributed by atoms with Crippen LogP contribution in [0, 0.1) is 12.7 Å². The highest BCUT2D eigenvalue weighted by Gasteiger charge is 2.43. The van der Waals surface area contributed by atoms with Crippen LogP contribution in [0.25, 0.3) is 0 Å². The summed E-state index contributed by atoms with van der Waals surface area (Å²) in [6, 6.07) is 22.4. The number of nitrogens with one attached hydrogen (secondary N) is 1. The summed E-state index contributed by atoms with van der Waals surface area (Å²) in [5.74, 6) is -0.262. The second-order valence-electron chi connectivity index (χ2n) is 7.92. The second kappa shape index (κ2) is 9.57. The Labute approximate surface area is 191 Å². The Balaban J connectivity index is 1.64. The minimum atomic E-state index is -0.631. The minimum Gasteiger partial charge on any atom is -0.348 e. The van der Waals surface area contributed by atoms with E-state index in [1.807, 2.05) is 62.4 Å². The van der Waals surface area contributed by atoms with E-state index in [9.17, 15) is 14.0 Å². The van der Waals surface area contributed by atoms with Crippen LogP contribution < -0.4 is 5.32 Å². The summed E-state index contributed by atoms with van der Waals surface area (Å²) in [7, 11) is 0. The van der Waals surface area contributed by atoms with Gasteiger partial charge in [-0.2, -0.15) is 0 Å². The number of benzene rings is 3. The fourth-order valence-electron chi connectivity index (χ4n) is 3.93. The Bertz CT molecular complexity index is 1100. The van der Waals surface area contributed by atoms with Crippen LogP contribution in [0.2, 0.25) is 0 Å². The van der Waals surface area contributed by atoms with Crippen LogP contribution in [-0.4, -0.2) is 28.5 Å². The minimum absolute atomic E-state index is 0.186. The van der Waals surface area contributed by atoms with Gasteiger partial charge in [-0.25, -0.2) is 4.39 Å². The molecule has 1 aliphatic heterocycles. The van der Waals surface area contributed by atoms with E-state index >= 15 is 0 Å². The molecule has 0 saturated carbocycles. The first-order chi connectivity index (χ1) is 15.5. The standard InChI is InChI=1S/C26H25FN2O2S/c1-17-8-6-7-11-22(17)25(31)29-23(16-32-26(29)20-12-14-21(27)15-13-20)24(30)28-18(2)19-9-4-3-5-10-19/h3-15,18,23,26H,16H2,1-2H3,(H,28,30). The van der Waals surface area contributed by atoms with Crippen molar-refractivity contribution in [1.29, 1.82) is 0 Å². The molecule has 0 spiro atoms. The van der Waals surface area contributed by atoms with Gasteiger partial charge < -0.3 is 10.2 Å². The molecule has 0 aromatic heterocycles. The number of hydrogen-bond acceptors (Lipinski definition) is 3. The third kappa shape index (κ3) is 4.55. The van der Waals surface area contributed by atoms with Gasteiger partial charge in [0.25, 0.3) is 5.91 Å². The average Bonchev–Trinajstić information content (AvgIpc) is 3.25. The SMILES string of the molecule is Cc1ccccc1C(=O)N1C(C(=O)NC(C)c2ccccc2)CSC1c1ccc(F)cc1.